The fourth-order valence-corrected chi connectivity index (χ4v) is 3.73. The van der Waals surface area contributed by atoms with E-state index < -0.39 is 6.10 Å². The standard InChI is InChI=1S/C19H19N3O3S/c1-13-9-18-20-21-19(22(18)17-7-3-2-6-16(13)17)26-12-14(23)10-24-11-15-5-4-8-25-15/h2-9,14,23H,10-12H2,1H3. The number of ether oxygens (including phenoxy) is 1. The van der Waals surface area contributed by atoms with Crippen molar-refractivity contribution in [3.8, 4) is 0 Å². The van der Waals surface area contributed by atoms with Crippen molar-refractivity contribution < 1.29 is 14.3 Å². The van der Waals surface area contributed by atoms with E-state index in [1.807, 2.05) is 34.7 Å². The van der Waals surface area contributed by atoms with Crippen LogP contribution in [-0.2, 0) is 11.3 Å². The van der Waals surface area contributed by atoms with Crippen molar-refractivity contribution in [2.45, 2.75) is 24.8 Å². The monoisotopic (exact) mass is 369 g/mol. The van der Waals surface area contributed by atoms with Crippen molar-refractivity contribution in [2.24, 2.45) is 0 Å². The van der Waals surface area contributed by atoms with Gasteiger partial charge < -0.3 is 14.3 Å². The van der Waals surface area contributed by atoms with Gasteiger partial charge in [-0.15, -0.1) is 10.2 Å². The summed E-state index contributed by atoms with van der Waals surface area (Å²) in [5, 5.41) is 20.7. The average Bonchev–Trinajstić information content (AvgIpc) is 3.30. The Morgan fingerprint density at radius 2 is 2.12 bits per heavy atom. The lowest BCUT2D eigenvalue weighted by Gasteiger charge is -2.10. The summed E-state index contributed by atoms with van der Waals surface area (Å²) in [5.74, 6) is 1.22. The summed E-state index contributed by atoms with van der Waals surface area (Å²) in [6, 6.07) is 13.9. The number of rotatable bonds is 7. The van der Waals surface area contributed by atoms with Gasteiger partial charge in [0.2, 0.25) is 0 Å². The fraction of sp³-hybridized carbons (Fsp3) is 0.263. The van der Waals surface area contributed by atoms with Crippen LogP contribution in [0, 0.1) is 6.92 Å². The van der Waals surface area contributed by atoms with Gasteiger partial charge in [0.15, 0.2) is 10.8 Å². The minimum absolute atomic E-state index is 0.240. The average molecular weight is 369 g/mol. The summed E-state index contributed by atoms with van der Waals surface area (Å²) < 4.78 is 12.7. The molecule has 0 spiro atoms. The Bertz CT molecular complexity index is 1010. The zero-order valence-electron chi connectivity index (χ0n) is 14.3. The van der Waals surface area contributed by atoms with Crippen LogP contribution in [0.15, 0.2) is 58.3 Å². The largest absolute Gasteiger partial charge is 0.467 e. The maximum atomic E-state index is 10.2. The molecule has 1 N–H and O–H groups in total. The quantitative estimate of drug-likeness (QED) is 0.503. The third-order valence-electron chi connectivity index (χ3n) is 4.11. The molecule has 0 fully saturated rings. The number of furan rings is 1. The molecule has 0 amide bonds. The predicted molar refractivity (Wildman–Crippen MR) is 100 cm³/mol. The molecule has 1 atom stereocenters. The van der Waals surface area contributed by atoms with Crippen LogP contribution >= 0.6 is 11.8 Å². The molecule has 1 aromatic carbocycles. The molecule has 0 bridgehead atoms. The molecule has 134 valence electrons. The Balaban J connectivity index is 1.45. The number of nitrogens with zero attached hydrogens (tertiary/aromatic N) is 3. The van der Waals surface area contributed by atoms with Crippen molar-refractivity contribution in [1.29, 1.82) is 0 Å². The highest BCUT2D eigenvalue weighted by molar-refractivity contribution is 7.99. The molecule has 0 saturated heterocycles. The van der Waals surface area contributed by atoms with Gasteiger partial charge in [-0.3, -0.25) is 4.40 Å². The SMILES string of the molecule is Cc1cc2nnc(SCC(O)COCc3ccco3)n2c2ccccc12. The third-order valence-corrected chi connectivity index (χ3v) is 5.19. The first-order chi connectivity index (χ1) is 12.7. The van der Waals surface area contributed by atoms with Crippen molar-refractivity contribution >= 4 is 28.3 Å². The third kappa shape index (κ3) is 3.46. The summed E-state index contributed by atoms with van der Waals surface area (Å²) in [4.78, 5) is 0. The van der Waals surface area contributed by atoms with Crippen LogP contribution < -0.4 is 0 Å². The predicted octanol–water partition coefficient (Wildman–Crippen LogP) is 3.45. The van der Waals surface area contributed by atoms with Gasteiger partial charge in [0.05, 0.1) is 24.5 Å². The summed E-state index contributed by atoms with van der Waals surface area (Å²) in [5.41, 5.74) is 3.05. The number of aliphatic hydroxyl groups is 1. The lowest BCUT2D eigenvalue weighted by molar-refractivity contribution is 0.0328. The summed E-state index contributed by atoms with van der Waals surface area (Å²) in [7, 11) is 0. The van der Waals surface area contributed by atoms with Gasteiger partial charge in [-0.1, -0.05) is 30.0 Å². The highest BCUT2D eigenvalue weighted by Crippen LogP contribution is 2.26. The minimum Gasteiger partial charge on any atom is -0.467 e. The molecule has 4 aromatic rings. The second-order valence-electron chi connectivity index (χ2n) is 6.08. The summed E-state index contributed by atoms with van der Waals surface area (Å²) in [6.07, 6.45) is 1.01. The molecule has 26 heavy (non-hydrogen) atoms. The lowest BCUT2D eigenvalue weighted by atomic mass is 10.1. The van der Waals surface area contributed by atoms with Gasteiger partial charge in [0.25, 0.3) is 0 Å². The Morgan fingerprint density at radius 1 is 1.23 bits per heavy atom. The molecule has 6 nitrogen and oxygen atoms in total. The highest BCUT2D eigenvalue weighted by atomic mass is 32.2. The zero-order chi connectivity index (χ0) is 17.9. The number of thioether (sulfide) groups is 1. The molecule has 0 aliphatic carbocycles. The van der Waals surface area contributed by atoms with E-state index in [2.05, 4.69) is 29.3 Å². The summed E-state index contributed by atoms with van der Waals surface area (Å²) in [6.45, 7) is 2.67. The van der Waals surface area contributed by atoms with Crippen LogP contribution in [0.5, 0.6) is 0 Å². The molecule has 0 aliphatic heterocycles. The van der Waals surface area contributed by atoms with E-state index in [1.54, 1.807) is 6.26 Å². The number of aromatic nitrogens is 3. The molecule has 3 heterocycles. The normalized spacial score (nSPS) is 12.8. The van der Waals surface area contributed by atoms with E-state index in [-0.39, 0.29) is 6.61 Å². The minimum atomic E-state index is -0.598. The van der Waals surface area contributed by atoms with Crippen LogP contribution in [0.25, 0.3) is 16.6 Å². The van der Waals surface area contributed by atoms with E-state index >= 15 is 0 Å². The molecule has 0 saturated carbocycles. The van der Waals surface area contributed by atoms with E-state index in [1.165, 1.54) is 22.7 Å². The second kappa shape index (κ2) is 7.49. The molecule has 3 aromatic heterocycles. The number of hydrogen-bond donors (Lipinski definition) is 1. The van der Waals surface area contributed by atoms with Crippen LogP contribution in [-0.4, -0.2) is 38.2 Å². The Kier molecular flexibility index (Phi) is 4.92. The van der Waals surface area contributed by atoms with Crippen LogP contribution in [0.1, 0.15) is 11.3 Å². The first-order valence-electron chi connectivity index (χ1n) is 8.37. The maximum Gasteiger partial charge on any atom is 0.196 e. The maximum absolute atomic E-state index is 10.2. The molecule has 1 unspecified atom stereocenters. The number of aryl methyl sites for hydroxylation is 1. The lowest BCUT2D eigenvalue weighted by Crippen LogP contribution is -2.18. The first-order valence-corrected chi connectivity index (χ1v) is 9.35. The molecular weight excluding hydrogens is 350 g/mol. The first kappa shape index (κ1) is 17.1. The fourth-order valence-electron chi connectivity index (χ4n) is 2.88. The number of para-hydroxylation sites is 1. The topological polar surface area (TPSA) is 72.8 Å². The van der Waals surface area contributed by atoms with Crippen molar-refractivity contribution in [3.05, 3.63) is 60.1 Å². The van der Waals surface area contributed by atoms with E-state index in [4.69, 9.17) is 9.15 Å². The van der Waals surface area contributed by atoms with Crippen LogP contribution in [0.2, 0.25) is 0 Å². The van der Waals surface area contributed by atoms with Crippen molar-refractivity contribution in [2.75, 3.05) is 12.4 Å². The van der Waals surface area contributed by atoms with E-state index in [0.29, 0.717) is 12.4 Å². The Morgan fingerprint density at radius 3 is 2.96 bits per heavy atom. The van der Waals surface area contributed by atoms with Gasteiger partial charge >= 0.3 is 0 Å². The number of hydrogen-bond acceptors (Lipinski definition) is 6. The van der Waals surface area contributed by atoms with Gasteiger partial charge in [0.1, 0.15) is 12.4 Å². The molecular formula is C19H19N3O3S. The molecule has 7 heteroatoms. The number of aliphatic hydroxyl groups excluding tert-OH is 1. The Labute approximate surface area is 154 Å². The van der Waals surface area contributed by atoms with E-state index in [9.17, 15) is 5.11 Å². The molecule has 0 aliphatic rings. The molecule has 4 rings (SSSR count). The number of benzene rings is 1. The summed E-state index contributed by atoms with van der Waals surface area (Å²) >= 11 is 1.47. The van der Waals surface area contributed by atoms with Crippen LogP contribution in [0.3, 0.4) is 0 Å². The van der Waals surface area contributed by atoms with Gasteiger partial charge in [0, 0.05) is 11.1 Å². The smallest absolute Gasteiger partial charge is 0.196 e. The van der Waals surface area contributed by atoms with Crippen molar-refractivity contribution in [1.82, 2.24) is 14.6 Å². The van der Waals surface area contributed by atoms with E-state index in [0.717, 1.165) is 22.1 Å². The zero-order valence-corrected chi connectivity index (χ0v) is 15.1. The van der Waals surface area contributed by atoms with Gasteiger partial charge in [-0.25, -0.2) is 0 Å². The van der Waals surface area contributed by atoms with Gasteiger partial charge in [-0.05, 0) is 36.8 Å². The van der Waals surface area contributed by atoms with Crippen molar-refractivity contribution in [3.63, 3.8) is 0 Å². The second-order valence-corrected chi connectivity index (χ2v) is 7.07. The van der Waals surface area contributed by atoms with Crippen LogP contribution in [0.4, 0.5) is 0 Å². The highest BCUT2D eigenvalue weighted by Gasteiger charge is 2.13. The number of fused-ring (bicyclic) bond motifs is 3. The number of pyridine rings is 1. The molecule has 0 radical (unpaired) electrons. The Hall–Kier alpha value is -2.35. The van der Waals surface area contributed by atoms with Gasteiger partial charge in [-0.2, -0.15) is 0 Å².